The summed E-state index contributed by atoms with van der Waals surface area (Å²) in [5.74, 6) is 1.92. The lowest BCUT2D eigenvalue weighted by Gasteiger charge is -2.42. The molecule has 0 fully saturated rings. The van der Waals surface area contributed by atoms with Crippen LogP contribution in [0.25, 0.3) is 20.2 Å². The third kappa shape index (κ3) is 6.98. The van der Waals surface area contributed by atoms with Gasteiger partial charge in [0, 0.05) is 50.0 Å². The highest BCUT2D eigenvalue weighted by atomic mass is 32.1. The molecule has 5 heteroatoms. The minimum Gasteiger partial charge on any atom is -0.457 e. The third-order valence-corrected chi connectivity index (χ3v) is 16.0. The van der Waals surface area contributed by atoms with E-state index in [1.54, 1.807) is 5.56 Å². The van der Waals surface area contributed by atoms with Crippen LogP contribution in [0.15, 0.2) is 127 Å². The van der Waals surface area contributed by atoms with Crippen LogP contribution in [0.5, 0.6) is 11.5 Å². The zero-order valence-corrected chi connectivity index (χ0v) is 41.9. The monoisotopic (exact) mass is 882 g/mol. The molecule has 1 aliphatic carbocycles. The zero-order chi connectivity index (χ0) is 46.2. The Bertz CT molecular complexity index is 3160. The fourth-order valence-electron chi connectivity index (χ4n) is 10.8. The van der Waals surface area contributed by atoms with Gasteiger partial charge in [0.15, 0.2) is 0 Å². The SMILES string of the molecule is CC(C)(C)c1ccc(N(c2ccc(C(C)(C)C)cc2)c2cc3c4c(c2)N(c2ccc(C(C)(C)C)cc2)c2ccc(C(C)(C)C)cc2B4c2ccc4c(sc5c6c(ccc54)CCC6)c2O3)cc1. The summed E-state index contributed by atoms with van der Waals surface area (Å²) in [5, 5.41) is 2.65. The molecule has 0 atom stereocenters. The van der Waals surface area contributed by atoms with Crippen molar-refractivity contribution < 1.29 is 4.74 Å². The van der Waals surface area contributed by atoms with Crippen LogP contribution >= 0.6 is 11.3 Å². The average molecular weight is 883 g/mol. The molecule has 2 aliphatic heterocycles. The van der Waals surface area contributed by atoms with Crippen molar-refractivity contribution >= 4 is 88.7 Å². The first-order valence-corrected chi connectivity index (χ1v) is 25.0. The van der Waals surface area contributed by atoms with Gasteiger partial charge in [0.25, 0.3) is 6.71 Å². The molecule has 3 heterocycles. The number of rotatable bonds is 4. The summed E-state index contributed by atoms with van der Waals surface area (Å²) >= 11 is 1.95. The number of benzene rings is 7. The van der Waals surface area contributed by atoms with Gasteiger partial charge in [0.05, 0.1) is 10.4 Å². The van der Waals surface area contributed by atoms with Crippen LogP contribution < -0.4 is 30.9 Å². The molecule has 0 saturated heterocycles. The quantitative estimate of drug-likeness (QED) is 0.164. The highest BCUT2D eigenvalue weighted by molar-refractivity contribution is 7.26. The van der Waals surface area contributed by atoms with E-state index in [9.17, 15) is 0 Å². The lowest BCUT2D eigenvalue weighted by molar-refractivity contribution is 0.494. The fraction of sp³-hybridized carbons (Fsp3) is 0.311. The van der Waals surface area contributed by atoms with Crippen molar-refractivity contribution in [3.63, 3.8) is 0 Å². The van der Waals surface area contributed by atoms with Crippen LogP contribution in [-0.4, -0.2) is 6.71 Å². The van der Waals surface area contributed by atoms with Crippen molar-refractivity contribution in [2.24, 2.45) is 0 Å². The summed E-state index contributed by atoms with van der Waals surface area (Å²) < 4.78 is 10.3. The average Bonchev–Trinajstić information content (AvgIpc) is 3.91. The highest BCUT2D eigenvalue weighted by Gasteiger charge is 2.44. The van der Waals surface area contributed by atoms with Gasteiger partial charge in [-0.05, 0) is 139 Å². The second-order valence-corrected chi connectivity index (χ2v) is 24.4. The molecule has 0 amide bonds. The molecule has 0 N–H and O–H groups in total. The number of ether oxygens (including phenoxy) is 1. The summed E-state index contributed by atoms with van der Waals surface area (Å²) in [6, 6.07) is 49.3. The van der Waals surface area contributed by atoms with E-state index in [2.05, 4.69) is 220 Å². The molecule has 7 aromatic carbocycles. The smallest absolute Gasteiger partial charge is 0.256 e. The Morgan fingerprint density at radius 1 is 0.500 bits per heavy atom. The number of fused-ring (bicyclic) bond motifs is 10. The summed E-state index contributed by atoms with van der Waals surface area (Å²) in [4.78, 5) is 4.96. The van der Waals surface area contributed by atoms with Crippen LogP contribution in [0.2, 0.25) is 0 Å². The predicted molar refractivity (Wildman–Crippen MR) is 287 cm³/mol. The van der Waals surface area contributed by atoms with Gasteiger partial charge in [-0.2, -0.15) is 0 Å². The summed E-state index contributed by atoms with van der Waals surface area (Å²) in [7, 11) is 0. The van der Waals surface area contributed by atoms with Gasteiger partial charge in [-0.15, -0.1) is 11.3 Å². The molecule has 3 aliphatic rings. The van der Waals surface area contributed by atoms with Crippen molar-refractivity contribution in [2.45, 2.75) is 124 Å². The van der Waals surface area contributed by atoms with Crippen LogP contribution in [0, 0.1) is 0 Å². The first kappa shape index (κ1) is 42.8. The molecule has 66 heavy (non-hydrogen) atoms. The van der Waals surface area contributed by atoms with Crippen molar-refractivity contribution in [3.05, 3.63) is 161 Å². The summed E-state index contributed by atoms with van der Waals surface area (Å²) in [6.45, 7) is 27.6. The Balaban J connectivity index is 1.21. The molecule has 0 spiro atoms. The maximum Gasteiger partial charge on any atom is 0.256 e. The van der Waals surface area contributed by atoms with E-state index >= 15 is 0 Å². The molecule has 11 rings (SSSR count). The molecule has 332 valence electrons. The zero-order valence-electron chi connectivity index (χ0n) is 41.0. The van der Waals surface area contributed by atoms with Crippen LogP contribution in [0.1, 0.15) is 123 Å². The third-order valence-electron chi connectivity index (χ3n) is 14.7. The summed E-state index contributed by atoms with van der Waals surface area (Å²) in [6.07, 6.45) is 3.56. The second-order valence-electron chi connectivity index (χ2n) is 23.4. The predicted octanol–water partition coefficient (Wildman–Crippen LogP) is 15.6. The van der Waals surface area contributed by atoms with Crippen LogP contribution in [0.4, 0.5) is 34.1 Å². The van der Waals surface area contributed by atoms with Gasteiger partial charge in [-0.1, -0.05) is 156 Å². The molecular weight excluding hydrogens is 820 g/mol. The van der Waals surface area contributed by atoms with Crippen molar-refractivity contribution in [2.75, 3.05) is 9.80 Å². The topological polar surface area (TPSA) is 15.7 Å². The fourth-order valence-corrected chi connectivity index (χ4v) is 12.2. The van der Waals surface area contributed by atoms with Gasteiger partial charge in [-0.3, -0.25) is 0 Å². The standard InChI is InChI=1S/C61H63BN2OS/c1-58(2,3)38-17-24-42(25-18-38)63(43-26-19-39(20-27-43)59(4,5)6)45-35-52-54-53(36-45)65-55-49(32-31-48-47-30-16-37-14-13-15-46(37)56(47)66-57(48)55)62(54)50-34-41(61(10,11)12)23-33-51(50)64(52)44-28-21-40(22-29-44)60(7,8)9/h16-36H,13-15H2,1-12H3. The maximum absolute atomic E-state index is 7.59. The number of aryl methyl sites for hydroxylation is 2. The largest absolute Gasteiger partial charge is 0.457 e. The molecule has 0 saturated carbocycles. The molecular formula is C61H63BN2OS. The normalized spacial score (nSPS) is 14.5. The Labute approximate surface area is 397 Å². The number of thiophene rings is 1. The van der Waals surface area contributed by atoms with E-state index < -0.39 is 0 Å². The van der Waals surface area contributed by atoms with Gasteiger partial charge in [0.1, 0.15) is 11.5 Å². The number of hydrogen-bond donors (Lipinski definition) is 0. The first-order chi connectivity index (χ1) is 31.2. The number of nitrogens with zero attached hydrogens (tertiary/aromatic N) is 2. The van der Waals surface area contributed by atoms with Crippen molar-refractivity contribution in [1.82, 2.24) is 0 Å². The molecule has 0 radical (unpaired) electrons. The molecule has 3 nitrogen and oxygen atoms in total. The lowest BCUT2D eigenvalue weighted by atomic mass is 9.34. The highest BCUT2D eigenvalue weighted by Crippen LogP contribution is 2.50. The Morgan fingerprint density at radius 3 is 1.64 bits per heavy atom. The molecule has 0 bridgehead atoms. The van der Waals surface area contributed by atoms with E-state index in [4.69, 9.17) is 4.74 Å². The molecule has 0 unspecified atom stereocenters. The maximum atomic E-state index is 7.59. The van der Waals surface area contributed by atoms with Crippen LogP contribution in [-0.2, 0) is 34.5 Å². The van der Waals surface area contributed by atoms with E-state index in [1.807, 2.05) is 11.3 Å². The first-order valence-electron chi connectivity index (χ1n) is 24.2. The Morgan fingerprint density at radius 2 is 1.05 bits per heavy atom. The van der Waals surface area contributed by atoms with Gasteiger partial charge in [-0.25, -0.2) is 0 Å². The Kier molecular flexibility index (Phi) is 9.65. The van der Waals surface area contributed by atoms with Crippen molar-refractivity contribution in [3.8, 4) is 11.5 Å². The lowest BCUT2D eigenvalue weighted by Crippen LogP contribution is -2.59. The van der Waals surface area contributed by atoms with Gasteiger partial charge >= 0.3 is 0 Å². The van der Waals surface area contributed by atoms with E-state index in [0.29, 0.717) is 0 Å². The summed E-state index contributed by atoms with van der Waals surface area (Å²) in [5.41, 5.74) is 19.0. The second kappa shape index (κ2) is 14.9. The number of hydrogen-bond acceptors (Lipinski definition) is 4. The van der Waals surface area contributed by atoms with E-state index in [-0.39, 0.29) is 28.4 Å². The van der Waals surface area contributed by atoms with Gasteiger partial charge in [0.2, 0.25) is 0 Å². The van der Waals surface area contributed by atoms with Crippen LogP contribution in [0.3, 0.4) is 0 Å². The minimum atomic E-state index is -0.0312. The van der Waals surface area contributed by atoms with Gasteiger partial charge < -0.3 is 14.5 Å². The Hall–Kier alpha value is -5.78. The molecule has 8 aromatic rings. The minimum absolute atomic E-state index is 0.0267. The van der Waals surface area contributed by atoms with E-state index in [1.165, 1.54) is 82.9 Å². The molecule has 1 aromatic heterocycles. The van der Waals surface area contributed by atoms with E-state index in [0.717, 1.165) is 46.4 Å². The number of anilines is 6. The van der Waals surface area contributed by atoms with Crippen molar-refractivity contribution in [1.29, 1.82) is 0 Å².